The van der Waals surface area contributed by atoms with Crippen LogP contribution in [0.15, 0.2) is 48.0 Å². The molecule has 0 N–H and O–H groups in total. The first kappa shape index (κ1) is 15.9. The van der Waals surface area contributed by atoms with E-state index in [0.717, 1.165) is 5.56 Å². The molecular weight excluding hydrogens is 320 g/mol. The monoisotopic (exact) mass is 330 g/mol. The van der Waals surface area contributed by atoms with Gasteiger partial charge in [-0.2, -0.15) is 10.5 Å². The first-order valence-corrected chi connectivity index (χ1v) is 7.23. The van der Waals surface area contributed by atoms with Crippen molar-refractivity contribution in [3.05, 3.63) is 74.8 Å². The van der Waals surface area contributed by atoms with Gasteiger partial charge in [-0.1, -0.05) is 18.2 Å². The highest BCUT2D eigenvalue weighted by molar-refractivity contribution is 6.23. The van der Waals surface area contributed by atoms with Crippen LogP contribution in [0, 0.1) is 39.7 Å². The Hall–Kier alpha value is -3.97. The molecule has 7 heteroatoms. The zero-order valence-corrected chi connectivity index (χ0v) is 13.1. The van der Waals surface area contributed by atoms with Crippen molar-refractivity contribution in [3.63, 3.8) is 0 Å². The van der Waals surface area contributed by atoms with Gasteiger partial charge in [-0.25, -0.2) is 0 Å². The highest BCUT2D eigenvalue weighted by atomic mass is 16.6. The molecule has 3 rings (SSSR count). The van der Waals surface area contributed by atoms with Crippen LogP contribution in [0.5, 0.6) is 0 Å². The van der Waals surface area contributed by atoms with Crippen molar-refractivity contribution < 1.29 is 9.72 Å². The summed E-state index contributed by atoms with van der Waals surface area (Å²) in [6.45, 7) is 1.80. The molecule has 0 unspecified atom stereocenters. The Morgan fingerprint density at radius 1 is 1.12 bits per heavy atom. The van der Waals surface area contributed by atoms with Crippen molar-refractivity contribution in [2.75, 3.05) is 4.90 Å². The van der Waals surface area contributed by atoms with E-state index in [1.165, 1.54) is 23.1 Å². The SMILES string of the molecule is Cc1ccccc1N1C(=O)c2cc([N+](=O)[O-])ccc2C1=C(C#N)C#N. The Balaban J connectivity index is 2.34. The molecule has 0 saturated heterocycles. The molecular formula is C18H10N4O3. The molecule has 7 nitrogen and oxygen atoms in total. The molecule has 0 aliphatic carbocycles. The lowest BCUT2D eigenvalue weighted by Crippen LogP contribution is -2.24. The number of para-hydroxylation sites is 1. The smallest absolute Gasteiger partial charge is 0.270 e. The van der Waals surface area contributed by atoms with E-state index >= 15 is 0 Å². The standard InChI is InChI=1S/C18H10N4O3/c1-11-4-2-3-5-16(11)21-17(12(9-19)10-20)14-7-6-13(22(24)25)8-15(14)18(21)23/h2-8H,1H3. The number of rotatable bonds is 2. The maximum absolute atomic E-state index is 12.9. The third kappa shape index (κ3) is 2.41. The predicted octanol–water partition coefficient (Wildman–Crippen LogP) is 3.32. The molecule has 0 atom stereocenters. The van der Waals surface area contributed by atoms with Gasteiger partial charge in [0.05, 0.1) is 21.9 Å². The average Bonchev–Trinajstić information content (AvgIpc) is 2.89. The summed E-state index contributed by atoms with van der Waals surface area (Å²) in [6.07, 6.45) is 0. The molecule has 0 spiro atoms. The maximum atomic E-state index is 12.9. The van der Waals surface area contributed by atoms with Crippen molar-refractivity contribution in [1.82, 2.24) is 0 Å². The number of anilines is 1. The molecule has 1 amide bonds. The van der Waals surface area contributed by atoms with Gasteiger partial charge in [0.2, 0.25) is 0 Å². The van der Waals surface area contributed by atoms with E-state index in [9.17, 15) is 25.4 Å². The second kappa shape index (κ2) is 5.91. The zero-order valence-electron chi connectivity index (χ0n) is 13.1. The van der Waals surface area contributed by atoms with E-state index in [0.29, 0.717) is 11.3 Å². The number of non-ortho nitro benzene ring substituents is 1. The number of nitriles is 2. The number of carbonyl (C=O) groups is 1. The van der Waals surface area contributed by atoms with Crippen molar-refractivity contribution in [1.29, 1.82) is 10.5 Å². The number of hydrogen-bond donors (Lipinski definition) is 0. The molecule has 25 heavy (non-hydrogen) atoms. The third-order valence-corrected chi connectivity index (χ3v) is 3.94. The van der Waals surface area contributed by atoms with Crippen LogP contribution < -0.4 is 4.90 Å². The summed E-state index contributed by atoms with van der Waals surface area (Å²) >= 11 is 0. The lowest BCUT2D eigenvalue weighted by atomic mass is 10.0. The third-order valence-electron chi connectivity index (χ3n) is 3.94. The van der Waals surface area contributed by atoms with Crippen LogP contribution in [0.25, 0.3) is 5.70 Å². The number of nitro groups is 1. The Labute approximate surface area is 142 Å². The number of hydrogen-bond acceptors (Lipinski definition) is 5. The van der Waals surface area contributed by atoms with E-state index in [1.54, 1.807) is 43.3 Å². The minimum atomic E-state index is -0.594. The van der Waals surface area contributed by atoms with Gasteiger partial charge in [0.1, 0.15) is 12.1 Å². The minimum Gasteiger partial charge on any atom is -0.274 e. The number of fused-ring (bicyclic) bond motifs is 1. The van der Waals surface area contributed by atoms with Gasteiger partial charge in [-0.05, 0) is 24.6 Å². The Morgan fingerprint density at radius 3 is 2.40 bits per heavy atom. The number of nitrogens with zero attached hydrogens (tertiary/aromatic N) is 4. The molecule has 0 bridgehead atoms. The van der Waals surface area contributed by atoms with Crippen molar-refractivity contribution in [3.8, 4) is 12.1 Å². The van der Waals surface area contributed by atoms with Crippen LogP contribution in [0.4, 0.5) is 11.4 Å². The second-order valence-corrected chi connectivity index (χ2v) is 5.36. The summed E-state index contributed by atoms with van der Waals surface area (Å²) in [7, 11) is 0. The van der Waals surface area contributed by atoms with Gasteiger partial charge in [0.25, 0.3) is 11.6 Å². The number of carbonyl (C=O) groups excluding carboxylic acids is 1. The number of allylic oxidation sites excluding steroid dienone is 1. The van der Waals surface area contributed by atoms with Crippen LogP contribution in [0.3, 0.4) is 0 Å². The normalized spacial score (nSPS) is 12.4. The Bertz CT molecular complexity index is 1030. The molecule has 1 aliphatic rings. The molecule has 1 heterocycles. The molecule has 1 aliphatic heterocycles. The van der Waals surface area contributed by atoms with Crippen molar-refractivity contribution in [2.24, 2.45) is 0 Å². The number of benzene rings is 2. The fourth-order valence-electron chi connectivity index (χ4n) is 2.79. The van der Waals surface area contributed by atoms with E-state index in [4.69, 9.17) is 0 Å². The maximum Gasteiger partial charge on any atom is 0.270 e. The summed E-state index contributed by atoms with van der Waals surface area (Å²) in [5.41, 5.74) is 1.40. The zero-order chi connectivity index (χ0) is 18.1. The molecule has 2 aromatic rings. The van der Waals surface area contributed by atoms with Gasteiger partial charge < -0.3 is 0 Å². The molecule has 0 aromatic heterocycles. The fraction of sp³-hybridized carbons (Fsp3) is 0.0556. The predicted molar refractivity (Wildman–Crippen MR) is 89.2 cm³/mol. The molecule has 0 saturated carbocycles. The van der Waals surface area contributed by atoms with Gasteiger partial charge >= 0.3 is 0 Å². The van der Waals surface area contributed by atoms with Gasteiger partial charge in [0.15, 0.2) is 5.57 Å². The fourth-order valence-corrected chi connectivity index (χ4v) is 2.79. The molecule has 2 aromatic carbocycles. The van der Waals surface area contributed by atoms with Crippen LogP contribution in [0.2, 0.25) is 0 Å². The summed E-state index contributed by atoms with van der Waals surface area (Å²) in [5, 5.41) is 29.6. The largest absolute Gasteiger partial charge is 0.274 e. The number of amides is 1. The van der Waals surface area contributed by atoms with Crippen LogP contribution >= 0.6 is 0 Å². The van der Waals surface area contributed by atoms with E-state index in [1.807, 2.05) is 0 Å². The highest BCUT2D eigenvalue weighted by Crippen LogP contribution is 2.40. The summed E-state index contributed by atoms with van der Waals surface area (Å²) in [5.74, 6) is -0.508. The van der Waals surface area contributed by atoms with Gasteiger partial charge in [-0.15, -0.1) is 0 Å². The average molecular weight is 330 g/mol. The van der Waals surface area contributed by atoms with E-state index in [-0.39, 0.29) is 22.5 Å². The Kier molecular flexibility index (Phi) is 3.76. The second-order valence-electron chi connectivity index (χ2n) is 5.36. The van der Waals surface area contributed by atoms with Crippen LogP contribution in [-0.4, -0.2) is 10.8 Å². The first-order chi connectivity index (χ1) is 12.0. The van der Waals surface area contributed by atoms with Gasteiger partial charge in [0, 0.05) is 17.7 Å². The van der Waals surface area contributed by atoms with E-state index < -0.39 is 10.8 Å². The molecule has 0 fully saturated rings. The lowest BCUT2D eigenvalue weighted by Gasteiger charge is -2.20. The molecule has 0 radical (unpaired) electrons. The quantitative estimate of drug-likeness (QED) is 0.476. The topological polar surface area (TPSA) is 111 Å². The Morgan fingerprint density at radius 2 is 1.80 bits per heavy atom. The van der Waals surface area contributed by atoms with Crippen molar-refractivity contribution >= 4 is 23.0 Å². The van der Waals surface area contributed by atoms with Crippen LogP contribution in [-0.2, 0) is 0 Å². The van der Waals surface area contributed by atoms with Gasteiger partial charge in [-0.3, -0.25) is 19.8 Å². The lowest BCUT2D eigenvalue weighted by molar-refractivity contribution is -0.384. The highest BCUT2D eigenvalue weighted by Gasteiger charge is 2.37. The number of aryl methyl sites for hydroxylation is 1. The summed E-state index contributed by atoms with van der Waals surface area (Å²) in [6, 6.07) is 14.4. The van der Waals surface area contributed by atoms with E-state index in [2.05, 4.69) is 0 Å². The number of nitro benzene ring substituents is 1. The summed E-state index contributed by atoms with van der Waals surface area (Å²) in [4.78, 5) is 24.6. The summed E-state index contributed by atoms with van der Waals surface area (Å²) < 4.78 is 0. The molecule has 120 valence electrons. The first-order valence-electron chi connectivity index (χ1n) is 7.23. The van der Waals surface area contributed by atoms with Crippen molar-refractivity contribution in [2.45, 2.75) is 6.92 Å². The minimum absolute atomic E-state index is 0.0930. The van der Waals surface area contributed by atoms with Crippen LogP contribution in [0.1, 0.15) is 21.5 Å².